The Hall–Kier alpha value is -3.08. The van der Waals surface area contributed by atoms with Crippen LogP contribution in [0.25, 0.3) is 0 Å². The highest BCUT2D eigenvalue weighted by Gasteiger charge is 2.08. The number of rotatable bonds is 9. The Morgan fingerprint density at radius 2 is 1.74 bits per heavy atom. The van der Waals surface area contributed by atoms with Crippen molar-refractivity contribution in [2.45, 2.75) is 19.9 Å². The van der Waals surface area contributed by atoms with E-state index < -0.39 is 0 Å². The van der Waals surface area contributed by atoms with E-state index in [2.05, 4.69) is 63.5 Å². The summed E-state index contributed by atoms with van der Waals surface area (Å²) in [4.78, 5) is 11.0. The minimum absolute atomic E-state index is 0.813. The molecule has 3 aromatic rings. The summed E-state index contributed by atoms with van der Waals surface area (Å²) in [5.74, 6) is 2.66. The summed E-state index contributed by atoms with van der Waals surface area (Å²) in [7, 11) is 1.68. The Morgan fingerprint density at radius 1 is 0.963 bits per heavy atom. The average molecular weight is 362 g/mol. The standard InChI is InChI=1S/C22H26N4O/c1-3-26(16-19-7-5-4-6-8-19)22-15-21(24-17-25-22)23-14-13-18-9-11-20(27-2)12-10-18/h4-12,15,17H,3,13-14,16H2,1-2H3,(H,23,24,25). The molecule has 0 amide bonds. The second-order valence-corrected chi connectivity index (χ2v) is 6.29. The molecule has 0 bridgehead atoms. The van der Waals surface area contributed by atoms with Gasteiger partial charge in [-0.15, -0.1) is 0 Å². The van der Waals surface area contributed by atoms with Gasteiger partial charge in [-0.2, -0.15) is 0 Å². The van der Waals surface area contributed by atoms with Crippen molar-refractivity contribution in [1.82, 2.24) is 9.97 Å². The predicted molar refractivity (Wildman–Crippen MR) is 110 cm³/mol. The van der Waals surface area contributed by atoms with Crippen molar-refractivity contribution in [2.75, 3.05) is 30.4 Å². The molecule has 1 aromatic heterocycles. The molecule has 0 radical (unpaired) electrons. The summed E-state index contributed by atoms with van der Waals surface area (Å²) < 4.78 is 5.19. The summed E-state index contributed by atoms with van der Waals surface area (Å²) >= 11 is 0. The molecule has 0 atom stereocenters. The first-order valence-corrected chi connectivity index (χ1v) is 9.26. The molecule has 0 fully saturated rings. The minimum atomic E-state index is 0.813. The van der Waals surface area contributed by atoms with E-state index in [9.17, 15) is 0 Å². The number of benzene rings is 2. The van der Waals surface area contributed by atoms with Gasteiger partial charge in [0.1, 0.15) is 23.7 Å². The van der Waals surface area contributed by atoms with Crippen LogP contribution in [0.3, 0.4) is 0 Å². The van der Waals surface area contributed by atoms with Crippen LogP contribution >= 0.6 is 0 Å². The molecule has 1 heterocycles. The van der Waals surface area contributed by atoms with E-state index in [1.54, 1.807) is 13.4 Å². The van der Waals surface area contributed by atoms with Gasteiger partial charge in [-0.25, -0.2) is 9.97 Å². The molecule has 0 aliphatic carbocycles. The summed E-state index contributed by atoms with van der Waals surface area (Å²) in [6.45, 7) is 4.67. The number of hydrogen-bond acceptors (Lipinski definition) is 5. The molecule has 0 aliphatic heterocycles. The predicted octanol–water partition coefficient (Wildman–Crippen LogP) is 4.17. The summed E-state index contributed by atoms with van der Waals surface area (Å²) in [6, 6.07) is 20.6. The van der Waals surface area contributed by atoms with E-state index in [0.717, 1.165) is 43.4 Å². The number of nitrogens with zero attached hydrogens (tertiary/aromatic N) is 3. The topological polar surface area (TPSA) is 50.3 Å². The number of anilines is 2. The fraction of sp³-hybridized carbons (Fsp3) is 0.273. The Balaban J connectivity index is 1.58. The average Bonchev–Trinajstić information content (AvgIpc) is 2.73. The third kappa shape index (κ3) is 5.45. The largest absolute Gasteiger partial charge is 0.497 e. The van der Waals surface area contributed by atoms with Gasteiger partial charge < -0.3 is 15.0 Å². The Kier molecular flexibility index (Phi) is 6.63. The van der Waals surface area contributed by atoms with Crippen LogP contribution in [0, 0.1) is 0 Å². The lowest BCUT2D eigenvalue weighted by Gasteiger charge is -2.22. The van der Waals surface area contributed by atoms with E-state index in [1.165, 1.54) is 11.1 Å². The molecular weight excluding hydrogens is 336 g/mol. The maximum absolute atomic E-state index is 5.19. The number of hydrogen-bond donors (Lipinski definition) is 1. The maximum atomic E-state index is 5.19. The zero-order valence-corrected chi connectivity index (χ0v) is 15.9. The van der Waals surface area contributed by atoms with E-state index in [-0.39, 0.29) is 0 Å². The van der Waals surface area contributed by atoms with Crippen LogP contribution in [-0.4, -0.2) is 30.2 Å². The number of aromatic nitrogens is 2. The second-order valence-electron chi connectivity index (χ2n) is 6.29. The van der Waals surface area contributed by atoms with Crippen LogP contribution in [-0.2, 0) is 13.0 Å². The molecule has 5 nitrogen and oxygen atoms in total. The summed E-state index contributed by atoms with van der Waals surface area (Å²) in [5, 5.41) is 3.40. The van der Waals surface area contributed by atoms with Gasteiger partial charge in [0, 0.05) is 25.7 Å². The lowest BCUT2D eigenvalue weighted by Crippen LogP contribution is -2.23. The minimum Gasteiger partial charge on any atom is -0.497 e. The molecule has 1 N–H and O–H groups in total. The van der Waals surface area contributed by atoms with E-state index in [0.29, 0.717) is 0 Å². The van der Waals surface area contributed by atoms with Gasteiger partial charge in [0.05, 0.1) is 7.11 Å². The van der Waals surface area contributed by atoms with Crippen LogP contribution < -0.4 is 15.0 Å². The van der Waals surface area contributed by atoms with Crippen LogP contribution in [0.1, 0.15) is 18.1 Å². The maximum Gasteiger partial charge on any atom is 0.134 e. The first-order valence-electron chi connectivity index (χ1n) is 9.26. The van der Waals surface area contributed by atoms with Gasteiger partial charge in [0.25, 0.3) is 0 Å². The van der Waals surface area contributed by atoms with Crippen molar-refractivity contribution in [3.8, 4) is 5.75 Å². The van der Waals surface area contributed by atoms with E-state index in [1.807, 2.05) is 24.3 Å². The summed E-state index contributed by atoms with van der Waals surface area (Å²) in [5.41, 5.74) is 2.53. The molecule has 0 saturated carbocycles. The first kappa shape index (κ1) is 18.7. The molecule has 3 rings (SSSR count). The van der Waals surface area contributed by atoms with Crippen LogP contribution in [0.15, 0.2) is 67.0 Å². The molecule has 0 aliphatic rings. The van der Waals surface area contributed by atoms with Crippen molar-refractivity contribution in [1.29, 1.82) is 0 Å². The van der Waals surface area contributed by atoms with Gasteiger partial charge in [0.15, 0.2) is 0 Å². The number of nitrogens with one attached hydrogen (secondary N) is 1. The Morgan fingerprint density at radius 3 is 2.44 bits per heavy atom. The monoisotopic (exact) mass is 362 g/mol. The summed E-state index contributed by atoms with van der Waals surface area (Å²) in [6.07, 6.45) is 2.55. The van der Waals surface area contributed by atoms with Crippen molar-refractivity contribution in [3.63, 3.8) is 0 Å². The van der Waals surface area contributed by atoms with E-state index in [4.69, 9.17) is 4.74 Å². The second kappa shape index (κ2) is 9.57. The van der Waals surface area contributed by atoms with Gasteiger partial charge in [0.2, 0.25) is 0 Å². The highest BCUT2D eigenvalue weighted by molar-refractivity contribution is 5.49. The lowest BCUT2D eigenvalue weighted by atomic mass is 10.1. The SMILES string of the molecule is CCN(Cc1ccccc1)c1cc(NCCc2ccc(OC)cc2)ncn1. The number of ether oxygens (including phenoxy) is 1. The Bertz CT molecular complexity index is 821. The first-order chi connectivity index (χ1) is 13.3. The van der Waals surface area contributed by atoms with Gasteiger partial charge >= 0.3 is 0 Å². The molecule has 27 heavy (non-hydrogen) atoms. The molecule has 5 heteroatoms. The third-order valence-corrected chi connectivity index (χ3v) is 4.45. The Labute approximate surface area is 161 Å². The van der Waals surface area contributed by atoms with Crippen molar-refractivity contribution < 1.29 is 4.74 Å². The van der Waals surface area contributed by atoms with E-state index >= 15 is 0 Å². The van der Waals surface area contributed by atoms with Crippen molar-refractivity contribution in [3.05, 3.63) is 78.1 Å². The van der Waals surface area contributed by atoms with Gasteiger partial charge in [-0.3, -0.25) is 0 Å². The smallest absolute Gasteiger partial charge is 0.134 e. The molecular formula is C22H26N4O. The molecule has 0 saturated heterocycles. The zero-order chi connectivity index (χ0) is 18.9. The molecule has 0 unspecified atom stereocenters. The highest BCUT2D eigenvalue weighted by Crippen LogP contribution is 2.17. The fourth-order valence-electron chi connectivity index (χ4n) is 2.90. The molecule has 140 valence electrons. The van der Waals surface area contributed by atoms with Crippen molar-refractivity contribution >= 4 is 11.6 Å². The quantitative estimate of drug-likeness (QED) is 0.619. The zero-order valence-electron chi connectivity index (χ0n) is 15.9. The molecule has 0 spiro atoms. The van der Waals surface area contributed by atoms with Crippen LogP contribution in [0.5, 0.6) is 5.75 Å². The fourth-order valence-corrected chi connectivity index (χ4v) is 2.90. The van der Waals surface area contributed by atoms with Gasteiger partial charge in [-0.1, -0.05) is 42.5 Å². The number of methoxy groups -OCH3 is 1. The lowest BCUT2D eigenvalue weighted by molar-refractivity contribution is 0.414. The van der Waals surface area contributed by atoms with Crippen LogP contribution in [0.2, 0.25) is 0 Å². The van der Waals surface area contributed by atoms with Crippen LogP contribution in [0.4, 0.5) is 11.6 Å². The molecule has 2 aromatic carbocycles. The highest BCUT2D eigenvalue weighted by atomic mass is 16.5. The van der Waals surface area contributed by atoms with Gasteiger partial charge in [-0.05, 0) is 36.6 Å². The van der Waals surface area contributed by atoms with Crippen molar-refractivity contribution in [2.24, 2.45) is 0 Å². The third-order valence-electron chi connectivity index (χ3n) is 4.45. The normalized spacial score (nSPS) is 10.4.